The fourth-order valence-corrected chi connectivity index (χ4v) is 3.83. The van der Waals surface area contributed by atoms with Crippen LogP contribution >= 0.6 is 0 Å². The Hall–Kier alpha value is -2.75. The molecule has 152 valence electrons. The molecule has 3 aromatic rings. The van der Waals surface area contributed by atoms with Gasteiger partial charge in [0.05, 0.1) is 30.3 Å². The van der Waals surface area contributed by atoms with Gasteiger partial charge in [0, 0.05) is 25.5 Å². The van der Waals surface area contributed by atoms with Crippen LogP contribution in [-0.4, -0.2) is 75.7 Å². The number of fused-ring (bicyclic) bond motifs is 2. The van der Waals surface area contributed by atoms with Crippen LogP contribution in [0.25, 0.3) is 11.0 Å². The molecule has 1 N–H and O–H groups in total. The molecule has 0 unspecified atom stereocenters. The predicted octanol–water partition coefficient (Wildman–Crippen LogP) is 1.14. The number of hydrogen-bond acceptors (Lipinski definition) is 6. The molecule has 2 aliphatic rings. The van der Waals surface area contributed by atoms with Crippen molar-refractivity contribution in [1.29, 1.82) is 0 Å². The molecule has 0 radical (unpaired) electrons. The number of hydrogen-bond donors (Lipinski definition) is 1. The van der Waals surface area contributed by atoms with E-state index in [1.54, 1.807) is 11.1 Å². The Balaban J connectivity index is 1.10. The summed E-state index contributed by atoms with van der Waals surface area (Å²) in [7, 11) is 0. The normalized spacial score (nSPS) is 22.7. The number of carbonyl (C=O) groups excluding carboxylic acids is 1. The van der Waals surface area contributed by atoms with Crippen LogP contribution in [-0.2, 0) is 25.6 Å². The van der Waals surface area contributed by atoms with Crippen molar-refractivity contribution >= 4 is 16.9 Å². The molecule has 2 atom stereocenters. The molecule has 2 fully saturated rings. The van der Waals surface area contributed by atoms with E-state index in [1.165, 1.54) is 0 Å². The van der Waals surface area contributed by atoms with Crippen LogP contribution in [0.4, 0.5) is 0 Å². The summed E-state index contributed by atoms with van der Waals surface area (Å²) >= 11 is 0. The van der Waals surface area contributed by atoms with E-state index in [0.717, 1.165) is 11.0 Å². The molecule has 0 spiro atoms. The number of carbonyl (C=O) groups is 1. The lowest BCUT2D eigenvalue weighted by Gasteiger charge is -2.18. The molecule has 9 heteroatoms. The number of likely N-dealkylation sites (tertiary alicyclic amines) is 1. The number of nitrogens with zero attached hydrogens (tertiary/aromatic N) is 4. The lowest BCUT2D eigenvalue weighted by atomic mass is 10.3. The molecule has 2 aromatic heterocycles. The highest BCUT2D eigenvalue weighted by Gasteiger charge is 2.39. The average molecular weight is 397 g/mol. The van der Waals surface area contributed by atoms with Gasteiger partial charge in [-0.3, -0.25) is 9.48 Å². The molecule has 4 heterocycles. The Morgan fingerprint density at radius 1 is 1.17 bits per heavy atom. The van der Waals surface area contributed by atoms with Gasteiger partial charge < -0.3 is 24.1 Å². The van der Waals surface area contributed by atoms with Gasteiger partial charge >= 0.3 is 0 Å². The SMILES string of the molecule is O=C(COCc1nc2ccccc2[nH]1)N1C[C@@H]2OCC(n3cccn3)CO[C@H]2C1. The third-order valence-electron chi connectivity index (χ3n) is 5.38. The maximum atomic E-state index is 12.5. The van der Waals surface area contributed by atoms with Crippen molar-refractivity contribution in [2.45, 2.75) is 24.9 Å². The average Bonchev–Trinajstić information content (AvgIpc) is 3.46. The highest BCUT2D eigenvalue weighted by atomic mass is 16.6. The van der Waals surface area contributed by atoms with Crippen molar-refractivity contribution in [2.24, 2.45) is 0 Å². The first-order valence-electron chi connectivity index (χ1n) is 9.78. The molecule has 0 saturated carbocycles. The molecule has 0 bridgehead atoms. The van der Waals surface area contributed by atoms with Crippen LogP contribution in [0.15, 0.2) is 42.7 Å². The first kappa shape index (κ1) is 18.3. The Morgan fingerprint density at radius 3 is 2.69 bits per heavy atom. The van der Waals surface area contributed by atoms with Crippen molar-refractivity contribution in [3.63, 3.8) is 0 Å². The first-order valence-corrected chi connectivity index (χ1v) is 9.78. The Labute approximate surface area is 167 Å². The number of aromatic nitrogens is 4. The molecular weight excluding hydrogens is 374 g/mol. The van der Waals surface area contributed by atoms with Gasteiger partial charge in [0.2, 0.25) is 5.91 Å². The van der Waals surface area contributed by atoms with Crippen LogP contribution in [0, 0.1) is 0 Å². The number of rotatable bonds is 5. The number of nitrogens with one attached hydrogen (secondary N) is 1. The maximum absolute atomic E-state index is 12.5. The van der Waals surface area contributed by atoms with E-state index in [1.807, 2.05) is 41.2 Å². The standard InChI is InChI=1S/C20H23N5O4/c26-20(13-27-12-19-22-15-4-1-2-5-16(15)23-19)24-8-17-18(9-24)29-11-14(10-28-17)25-7-3-6-21-25/h1-7,14,17-18H,8-13H2,(H,22,23)/t17-,18-/m0/s1. The van der Waals surface area contributed by atoms with Gasteiger partial charge in [0.15, 0.2) is 0 Å². The Morgan fingerprint density at radius 2 is 1.97 bits per heavy atom. The van der Waals surface area contributed by atoms with Gasteiger partial charge in [0.1, 0.15) is 31.2 Å². The van der Waals surface area contributed by atoms with Crippen LogP contribution in [0.1, 0.15) is 11.9 Å². The molecule has 2 aliphatic heterocycles. The number of aromatic amines is 1. The third-order valence-corrected chi connectivity index (χ3v) is 5.38. The van der Waals surface area contributed by atoms with Crippen LogP contribution < -0.4 is 0 Å². The number of para-hydroxylation sites is 2. The fourth-order valence-electron chi connectivity index (χ4n) is 3.83. The number of H-pyrrole nitrogens is 1. The second-order valence-electron chi connectivity index (χ2n) is 7.38. The largest absolute Gasteiger partial charge is 0.371 e. The number of ether oxygens (including phenoxy) is 3. The Kier molecular flexibility index (Phi) is 5.01. The molecule has 1 aromatic carbocycles. The van der Waals surface area contributed by atoms with Crippen molar-refractivity contribution in [2.75, 3.05) is 32.9 Å². The van der Waals surface area contributed by atoms with Gasteiger partial charge in [-0.25, -0.2) is 4.98 Å². The molecule has 0 aliphatic carbocycles. The van der Waals surface area contributed by atoms with Crippen LogP contribution in [0.2, 0.25) is 0 Å². The zero-order valence-corrected chi connectivity index (χ0v) is 15.9. The molecule has 1 amide bonds. The minimum atomic E-state index is -0.116. The second-order valence-corrected chi connectivity index (χ2v) is 7.38. The van der Waals surface area contributed by atoms with Crippen molar-refractivity contribution < 1.29 is 19.0 Å². The highest BCUT2D eigenvalue weighted by Crippen LogP contribution is 2.23. The zero-order valence-electron chi connectivity index (χ0n) is 15.9. The molecule has 2 saturated heterocycles. The summed E-state index contributed by atoms with van der Waals surface area (Å²) in [6.45, 7) is 2.35. The van der Waals surface area contributed by atoms with Crippen molar-refractivity contribution in [3.05, 3.63) is 48.5 Å². The van der Waals surface area contributed by atoms with E-state index in [0.29, 0.717) is 32.1 Å². The lowest BCUT2D eigenvalue weighted by molar-refractivity contribution is -0.136. The molecule has 5 rings (SSSR count). The van der Waals surface area contributed by atoms with Gasteiger partial charge in [-0.1, -0.05) is 12.1 Å². The van der Waals surface area contributed by atoms with E-state index in [2.05, 4.69) is 15.1 Å². The molecular formula is C20H23N5O4. The predicted molar refractivity (Wildman–Crippen MR) is 103 cm³/mol. The van der Waals surface area contributed by atoms with Gasteiger partial charge in [-0.15, -0.1) is 0 Å². The summed E-state index contributed by atoms with van der Waals surface area (Å²) in [5.41, 5.74) is 1.85. The zero-order chi connectivity index (χ0) is 19.6. The first-order chi connectivity index (χ1) is 14.3. The summed E-state index contributed by atoms with van der Waals surface area (Å²) in [6, 6.07) is 9.73. The Bertz CT molecular complexity index is 923. The highest BCUT2D eigenvalue weighted by molar-refractivity contribution is 5.78. The summed E-state index contributed by atoms with van der Waals surface area (Å²) in [4.78, 5) is 21.9. The van der Waals surface area contributed by atoms with Crippen molar-refractivity contribution in [3.8, 4) is 0 Å². The van der Waals surface area contributed by atoms with Gasteiger partial charge in [-0.2, -0.15) is 5.10 Å². The minimum Gasteiger partial charge on any atom is -0.371 e. The summed E-state index contributed by atoms with van der Waals surface area (Å²) in [5.74, 6) is 0.645. The monoisotopic (exact) mass is 397 g/mol. The number of benzene rings is 1. The quantitative estimate of drug-likeness (QED) is 0.694. The van der Waals surface area contributed by atoms with Crippen molar-refractivity contribution in [1.82, 2.24) is 24.6 Å². The van der Waals surface area contributed by atoms with Gasteiger partial charge in [-0.05, 0) is 18.2 Å². The second kappa shape index (κ2) is 7.94. The topological polar surface area (TPSA) is 94.5 Å². The maximum Gasteiger partial charge on any atom is 0.248 e. The number of amides is 1. The fraction of sp³-hybridized carbons (Fsp3) is 0.450. The van der Waals surface area contributed by atoms with E-state index in [4.69, 9.17) is 14.2 Å². The van der Waals surface area contributed by atoms with Gasteiger partial charge in [0.25, 0.3) is 0 Å². The van der Waals surface area contributed by atoms with E-state index in [-0.39, 0.29) is 37.4 Å². The van der Waals surface area contributed by atoms with E-state index >= 15 is 0 Å². The van der Waals surface area contributed by atoms with Crippen LogP contribution in [0.3, 0.4) is 0 Å². The van der Waals surface area contributed by atoms with E-state index in [9.17, 15) is 4.79 Å². The molecule has 9 nitrogen and oxygen atoms in total. The smallest absolute Gasteiger partial charge is 0.248 e. The lowest BCUT2D eigenvalue weighted by Crippen LogP contribution is -2.34. The summed E-state index contributed by atoms with van der Waals surface area (Å²) in [6.07, 6.45) is 3.43. The van der Waals surface area contributed by atoms with Crippen LogP contribution in [0.5, 0.6) is 0 Å². The third kappa shape index (κ3) is 3.89. The van der Waals surface area contributed by atoms with E-state index < -0.39 is 0 Å². The summed E-state index contributed by atoms with van der Waals surface area (Å²) < 4.78 is 19.5. The minimum absolute atomic E-state index is 0.00635. The summed E-state index contributed by atoms with van der Waals surface area (Å²) in [5, 5.41) is 4.26. The number of imidazole rings is 1. The molecule has 29 heavy (non-hydrogen) atoms.